The monoisotopic (exact) mass is 176 g/mol. The van der Waals surface area contributed by atoms with Crippen LogP contribution in [0, 0.1) is 0 Å². The summed E-state index contributed by atoms with van der Waals surface area (Å²) in [6, 6.07) is 8.66. The average Bonchev–Trinajstić information content (AvgIpc) is 3.00. The van der Waals surface area contributed by atoms with E-state index >= 15 is 0 Å². The maximum atomic E-state index is 9.03. The standard InChI is InChI=1S/C12H16O/c1-9(8-13)11-3-2-4-12(7-11)10-5-6-10/h2-4,7,9-10,13H,5-6,8H2,1H3. The SMILES string of the molecule is CC(CO)c1cccc(C2CC2)c1. The van der Waals surface area contributed by atoms with Gasteiger partial charge in [-0.15, -0.1) is 0 Å². The lowest BCUT2D eigenvalue weighted by atomic mass is 9.98. The highest BCUT2D eigenvalue weighted by atomic mass is 16.3. The zero-order valence-corrected chi connectivity index (χ0v) is 8.03. The van der Waals surface area contributed by atoms with Gasteiger partial charge in [0.25, 0.3) is 0 Å². The minimum absolute atomic E-state index is 0.244. The Morgan fingerprint density at radius 3 is 2.85 bits per heavy atom. The summed E-state index contributed by atoms with van der Waals surface area (Å²) < 4.78 is 0. The summed E-state index contributed by atoms with van der Waals surface area (Å²) in [6.07, 6.45) is 2.69. The van der Waals surface area contributed by atoms with Crippen molar-refractivity contribution >= 4 is 0 Å². The van der Waals surface area contributed by atoms with Crippen molar-refractivity contribution < 1.29 is 5.11 Å². The second-order valence-corrected chi connectivity index (χ2v) is 4.03. The van der Waals surface area contributed by atoms with Crippen LogP contribution in [0.2, 0.25) is 0 Å². The Labute approximate surface area is 79.4 Å². The van der Waals surface area contributed by atoms with Gasteiger partial charge in [0.05, 0.1) is 0 Å². The van der Waals surface area contributed by atoms with E-state index in [4.69, 9.17) is 5.11 Å². The van der Waals surface area contributed by atoms with Gasteiger partial charge in [0.1, 0.15) is 0 Å². The molecule has 70 valence electrons. The van der Waals surface area contributed by atoms with Crippen LogP contribution in [0.15, 0.2) is 24.3 Å². The van der Waals surface area contributed by atoms with E-state index in [0.717, 1.165) is 5.92 Å². The van der Waals surface area contributed by atoms with Crippen LogP contribution in [0.25, 0.3) is 0 Å². The fourth-order valence-electron chi connectivity index (χ4n) is 1.64. The molecule has 0 spiro atoms. The van der Waals surface area contributed by atoms with E-state index in [1.54, 1.807) is 0 Å². The number of aliphatic hydroxyl groups is 1. The maximum absolute atomic E-state index is 9.03. The van der Waals surface area contributed by atoms with Gasteiger partial charge in [0.15, 0.2) is 0 Å². The topological polar surface area (TPSA) is 20.2 Å². The van der Waals surface area contributed by atoms with E-state index in [2.05, 4.69) is 31.2 Å². The van der Waals surface area contributed by atoms with Crippen LogP contribution in [0.5, 0.6) is 0 Å². The van der Waals surface area contributed by atoms with Crippen molar-refractivity contribution in [1.29, 1.82) is 0 Å². The molecule has 0 aromatic heterocycles. The van der Waals surface area contributed by atoms with Crippen LogP contribution in [-0.2, 0) is 0 Å². The van der Waals surface area contributed by atoms with Crippen molar-refractivity contribution in [3.63, 3.8) is 0 Å². The van der Waals surface area contributed by atoms with Crippen LogP contribution in [0.3, 0.4) is 0 Å². The lowest BCUT2D eigenvalue weighted by Gasteiger charge is -2.09. The molecular weight excluding hydrogens is 160 g/mol. The number of aliphatic hydroxyl groups excluding tert-OH is 1. The molecule has 0 aliphatic heterocycles. The zero-order valence-electron chi connectivity index (χ0n) is 8.03. The van der Waals surface area contributed by atoms with Gasteiger partial charge in [-0.25, -0.2) is 0 Å². The summed E-state index contributed by atoms with van der Waals surface area (Å²) in [5, 5.41) is 9.03. The molecule has 1 nitrogen and oxygen atoms in total. The van der Waals surface area contributed by atoms with E-state index in [1.165, 1.54) is 24.0 Å². The Bertz CT molecular complexity index is 289. The number of hydrogen-bond donors (Lipinski definition) is 1. The molecule has 0 amide bonds. The van der Waals surface area contributed by atoms with Crippen molar-refractivity contribution in [2.45, 2.75) is 31.6 Å². The molecule has 2 rings (SSSR count). The predicted octanol–water partition coefficient (Wildman–Crippen LogP) is 2.66. The highest BCUT2D eigenvalue weighted by molar-refractivity contribution is 5.30. The first-order valence-electron chi connectivity index (χ1n) is 5.02. The molecule has 1 unspecified atom stereocenters. The molecule has 1 fully saturated rings. The second kappa shape index (κ2) is 3.51. The Balaban J connectivity index is 2.21. The summed E-state index contributed by atoms with van der Waals surface area (Å²) in [6.45, 7) is 2.31. The largest absolute Gasteiger partial charge is 0.396 e. The Morgan fingerprint density at radius 1 is 1.46 bits per heavy atom. The molecule has 1 aromatic carbocycles. The summed E-state index contributed by atoms with van der Waals surface area (Å²) in [4.78, 5) is 0. The highest BCUT2D eigenvalue weighted by Gasteiger charge is 2.23. The van der Waals surface area contributed by atoms with Gasteiger partial charge < -0.3 is 5.11 Å². The molecule has 0 saturated heterocycles. The maximum Gasteiger partial charge on any atom is 0.0497 e. The molecule has 1 aromatic rings. The molecule has 1 aliphatic rings. The first kappa shape index (κ1) is 8.76. The number of rotatable bonds is 3. The van der Waals surface area contributed by atoms with Gasteiger partial charge in [-0.3, -0.25) is 0 Å². The highest BCUT2D eigenvalue weighted by Crippen LogP contribution is 2.40. The van der Waals surface area contributed by atoms with Crippen molar-refractivity contribution in [2.24, 2.45) is 0 Å². The summed E-state index contributed by atoms with van der Waals surface area (Å²) in [5.74, 6) is 1.09. The number of hydrogen-bond acceptors (Lipinski definition) is 1. The van der Waals surface area contributed by atoms with Crippen LogP contribution >= 0.6 is 0 Å². The summed E-state index contributed by atoms with van der Waals surface area (Å²) in [5.41, 5.74) is 2.73. The third-order valence-electron chi connectivity index (χ3n) is 2.80. The van der Waals surface area contributed by atoms with E-state index < -0.39 is 0 Å². The van der Waals surface area contributed by atoms with Gasteiger partial charge in [0, 0.05) is 12.5 Å². The van der Waals surface area contributed by atoms with E-state index in [0.29, 0.717) is 0 Å². The van der Waals surface area contributed by atoms with Gasteiger partial charge in [0.2, 0.25) is 0 Å². The van der Waals surface area contributed by atoms with E-state index in [-0.39, 0.29) is 12.5 Å². The smallest absolute Gasteiger partial charge is 0.0497 e. The first-order chi connectivity index (χ1) is 6.31. The van der Waals surface area contributed by atoms with Crippen molar-refractivity contribution in [3.05, 3.63) is 35.4 Å². The van der Waals surface area contributed by atoms with Gasteiger partial charge in [-0.2, -0.15) is 0 Å². The molecule has 13 heavy (non-hydrogen) atoms. The van der Waals surface area contributed by atoms with Crippen molar-refractivity contribution in [2.75, 3.05) is 6.61 Å². The molecule has 1 saturated carbocycles. The molecule has 0 radical (unpaired) electrons. The minimum Gasteiger partial charge on any atom is -0.396 e. The summed E-state index contributed by atoms with van der Waals surface area (Å²) >= 11 is 0. The van der Waals surface area contributed by atoms with E-state index in [1.807, 2.05) is 0 Å². The molecule has 1 heteroatoms. The molecule has 1 atom stereocenters. The molecule has 1 aliphatic carbocycles. The predicted molar refractivity (Wildman–Crippen MR) is 53.9 cm³/mol. The Hall–Kier alpha value is -0.820. The van der Waals surface area contributed by atoms with Crippen LogP contribution in [-0.4, -0.2) is 11.7 Å². The molecular formula is C12H16O. The van der Waals surface area contributed by atoms with Gasteiger partial charge in [-0.1, -0.05) is 31.2 Å². The lowest BCUT2D eigenvalue weighted by Crippen LogP contribution is -1.99. The zero-order chi connectivity index (χ0) is 9.26. The fraction of sp³-hybridized carbons (Fsp3) is 0.500. The number of benzene rings is 1. The lowest BCUT2D eigenvalue weighted by molar-refractivity contribution is 0.273. The second-order valence-electron chi connectivity index (χ2n) is 4.03. The van der Waals surface area contributed by atoms with E-state index in [9.17, 15) is 0 Å². The van der Waals surface area contributed by atoms with Crippen LogP contribution in [0.1, 0.15) is 42.7 Å². The molecule has 0 heterocycles. The third kappa shape index (κ3) is 1.92. The Morgan fingerprint density at radius 2 is 2.23 bits per heavy atom. The quantitative estimate of drug-likeness (QED) is 0.750. The normalized spacial score (nSPS) is 18.6. The molecule has 1 N–H and O–H groups in total. The average molecular weight is 176 g/mol. The minimum atomic E-state index is 0.244. The molecule has 0 bridgehead atoms. The van der Waals surface area contributed by atoms with Gasteiger partial charge in [-0.05, 0) is 29.9 Å². The van der Waals surface area contributed by atoms with Crippen LogP contribution in [0.4, 0.5) is 0 Å². The van der Waals surface area contributed by atoms with Crippen molar-refractivity contribution in [1.82, 2.24) is 0 Å². The van der Waals surface area contributed by atoms with Crippen molar-refractivity contribution in [3.8, 4) is 0 Å². The Kier molecular flexibility index (Phi) is 2.36. The fourth-order valence-corrected chi connectivity index (χ4v) is 1.64. The first-order valence-corrected chi connectivity index (χ1v) is 5.02. The van der Waals surface area contributed by atoms with Crippen LogP contribution < -0.4 is 0 Å². The summed E-state index contributed by atoms with van der Waals surface area (Å²) in [7, 11) is 0. The third-order valence-corrected chi connectivity index (χ3v) is 2.80. The van der Waals surface area contributed by atoms with Gasteiger partial charge >= 0.3 is 0 Å².